The van der Waals surface area contributed by atoms with Gasteiger partial charge in [0.15, 0.2) is 8.32 Å². The zero-order chi connectivity index (χ0) is 14.7. The van der Waals surface area contributed by atoms with Gasteiger partial charge in [-0.25, -0.2) is 0 Å². The summed E-state index contributed by atoms with van der Waals surface area (Å²) in [5, 5.41) is 0. The van der Waals surface area contributed by atoms with E-state index in [1.807, 2.05) is 6.08 Å². The van der Waals surface area contributed by atoms with Crippen LogP contribution in [0.1, 0.15) is 65.7 Å². The Morgan fingerprint density at radius 1 is 1.05 bits per heavy atom. The second-order valence-corrected chi connectivity index (χ2v) is 10.6. The minimum atomic E-state index is -1.51. The van der Waals surface area contributed by atoms with Crippen LogP contribution < -0.4 is 0 Å². The summed E-state index contributed by atoms with van der Waals surface area (Å²) in [4.78, 5) is 0. The van der Waals surface area contributed by atoms with Gasteiger partial charge in [0.2, 0.25) is 0 Å². The SMILES string of the molecule is C=CC[Si](C)(C)OC(CC)CCC(CC)CCCC. The zero-order valence-electron chi connectivity index (χ0n) is 14.0. The fourth-order valence-corrected chi connectivity index (χ4v) is 4.64. The van der Waals surface area contributed by atoms with Gasteiger partial charge in [0, 0.05) is 6.10 Å². The number of hydrogen-bond acceptors (Lipinski definition) is 1. The topological polar surface area (TPSA) is 9.23 Å². The highest BCUT2D eigenvalue weighted by atomic mass is 28.4. The van der Waals surface area contributed by atoms with Gasteiger partial charge in [0.25, 0.3) is 0 Å². The van der Waals surface area contributed by atoms with Gasteiger partial charge in [-0.15, -0.1) is 6.58 Å². The molecule has 0 saturated carbocycles. The van der Waals surface area contributed by atoms with Crippen molar-refractivity contribution in [1.29, 1.82) is 0 Å². The van der Waals surface area contributed by atoms with Crippen molar-refractivity contribution in [3.8, 4) is 0 Å². The fraction of sp³-hybridized carbons (Fsp3) is 0.882. The Hall–Kier alpha value is -0.0831. The summed E-state index contributed by atoms with van der Waals surface area (Å²) in [5.41, 5.74) is 0. The number of rotatable bonds is 12. The van der Waals surface area contributed by atoms with Gasteiger partial charge in [0.1, 0.15) is 0 Å². The van der Waals surface area contributed by atoms with Crippen LogP contribution in [0.3, 0.4) is 0 Å². The molecule has 0 fully saturated rings. The molecule has 0 aliphatic rings. The molecule has 0 rings (SSSR count). The summed E-state index contributed by atoms with van der Waals surface area (Å²) in [6.45, 7) is 15.4. The van der Waals surface area contributed by atoms with Crippen LogP contribution in [0.2, 0.25) is 19.1 Å². The summed E-state index contributed by atoms with van der Waals surface area (Å²) in [6, 6.07) is 1.07. The quantitative estimate of drug-likeness (QED) is 0.307. The summed E-state index contributed by atoms with van der Waals surface area (Å²) in [6.07, 6.45) is 11.7. The first-order valence-electron chi connectivity index (χ1n) is 8.27. The molecule has 0 spiro atoms. The predicted octanol–water partition coefficient (Wildman–Crippen LogP) is 6.17. The summed E-state index contributed by atoms with van der Waals surface area (Å²) in [5.74, 6) is 0.904. The molecule has 0 amide bonds. The molecule has 0 aliphatic carbocycles. The molecule has 0 aromatic carbocycles. The van der Waals surface area contributed by atoms with Crippen LogP contribution in [0.4, 0.5) is 0 Å². The van der Waals surface area contributed by atoms with E-state index in [1.54, 1.807) is 0 Å². The number of hydrogen-bond donors (Lipinski definition) is 0. The minimum absolute atomic E-state index is 0.470. The Kier molecular flexibility index (Phi) is 10.6. The van der Waals surface area contributed by atoms with E-state index >= 15 is 0 Å². The van der Waals surface area contributed by atoms with Crippen LogP contribution in [0.15, 0.2) is 12.7 Å². The van der Waals surface area contributed by atoms with E-state index in [2.05, 4.69) is 40.4 Å². The Labute approximate surface area is 123 Å². The fourth-order valence-electron chi connectivity index (χ4n) is 2.66. The molecule has 1 nitrogen and oxygen atoms in total. The van der Waals surface area contributed by atoms with Crippen LogP contribution in [0.5, 0.6) is 0 Å². The van der Waals surface area contributed by atoms with Gasteiger partial charge >= 0.3 is 0 Å². The molecule has 0 N–H and O–H groups in total. The average Bonchev–Trinajstić information content (AvgIpc) is 2.37. The molecule has 2 unspecified atom stereocenters. The van der Waals surface area contributed by atoms with Crippen molar-refractivity contribution in [3.05, 3.63) is 12.7 Å². The molecule has 0 aromatic heterocycles. The van der Waals surface area contributed by atoms with Gasteiger partial charge in [-0.3, -0.25) is 0 Å². The van der Waals surface area contributed by atoms with E-state index in [0.717, 1.165) is 18.4 Å². The predicted molar refractivity (Wildman–Crippen MR) is 90.2 cm³/mol. The zero-order valence-corrected chi connectivity index (χ0v) is 15.0. The lowest BCUT2D eigenvalue weighted by Crippen LogP contribution is -2.34. The van der Waals surface area contributed by atoms with Crippen LogP contribution in [-0.2, 0) is 4.43 Å². The Bertz CT molecular complexity index is 225. The van der Waals surface area contributed by atoms with Gasteiger partial charge < -0.3 is 4.43 Å². The lowest BCUT2D eigenvalue weighted by Gasteiger charge is -2.29. The molecular weight excluding hydrogens is 248 g/mol. The van der Waals surface area contributed by atoms with Gasteiger partial charge in [-0.1, -0.05) is 52.5 Å². The third kappa shape index (κ3) is 9.45. The Morgan fingerprint density at radius 2 is 1.74 bits per heavy atom. The van der Waals surface area contributed by atoms with E-state index < -0.39 is 8.32 Å². The molecule has 0 saturated heterocycles. The molecule has 114 valence electrons. The average molecular weight is 285 g/mol. The summed E-state index contributed by atoms with van der Waals surface area (Å²) >= 11 is 0. The van der Waals surface area contributed by atoms with Crippen molar-refractivity contribution in [2.45, 2.75) is 91.0 Å². The van der Waals surface area contributed by atoms with Crippen LogP contribution in [0, 0.1) is 5.92 Å². The lowest BCUT2D eigenvalue weighted by molar-refractivity contribution is 0.165. The third-order valence-corrected chi connectivity index (χ3v) is 6.26. The van der Waals surface area contributed by atoms with E-state index in [1.165, 1.54) is 38.5 Å². The maximum Gasteiger partial charge on any atom is 0.190 e. The second kappa shape index (κ2) is 10.7. The largest absolute Gasteiger partial charge is 0.414 e. The third-order valence-electron chi connectivity index (χ3n) is 4.02. The molecule has 0 radical (unpaired) electrons. The van der Waals surface area contributed by atoms with Crippen LogP contribution in [0.25, 0.3) is 0 Å². The van der Waals surface area contributed by atoms with Crippen molar-refractivity contribution >= 4 is 8.32 Å². The maximum absolute atomic E-state index is 6.39. The standard InChI is InChI=1S/C17H36OSi/c1-7-11-12-16(9-3)13-14-17(10-4)18-19(5,6)15-8-2/h8,16-17H,2,7,9-15H2,1,3-6H3. The highest BCUT2D eigenvalue weighted by molar-refractivity contribution is 6.71. The monoisotopic (exact) mass is 284 g/mol. The minimum Gasteiger partial charge on any atom is -0.414 e. The molecule has 19 heavy (non-hydrogen) atoms. The van der Waals surface area contributed by atoms with Crippen molar-refractivity contribution in [1.82, 2.24) is 0 Å². The summed E-state index contributed by atoms with van der Waals surface area (Å²) in [7, 11) is -1.51. The van der Waals surface area contributed by atoms with E-state index in [0.29, 0.717) is 6.10 Å². The van der Waals surface area contributed by atoms with E-state index in [-0.39, 0.29) is 0 Å². The highest BCUT2D eigenvalue weighted by Crippen LogP contribution is 2.24. The molecular formula is C17H36OSi. The van der Waals surface area contributed by atoms with Crippen molar-refractivity contribution in [3.63, 3.8) is 0 Å². The van der Waals surface area contributed by atoms with E-state index in [9.17, 15) is 0 Å². The smallest absolute Gasteiger partial charge is 0.190 e. The van der Waals surface area contributed by atoms with Crippen molar-refractivity contribution in [2.24, 2.45) is 5.92 Å². The van der Waals surface area contributed by atoms with Crippen molar-refractivity contribution < 1.29 is 4.43 Å². The molecule has 0 bridgehead atoms. The highest BCUT2D eigenvalue weighted by Gasteiger charge is 2.24. The molecule has 2 atom stereocenters. The lowest BCUT2D eigenvalue weighted by atomic mass is 9.93. The van der Waals surface area contributed by atoms with Gasteiger partial charge in [0.05, 0.1) is 0 Å². The van der Waals surface area contributed by atoms with Crippen LogP contribution in [-0.4, -0.2) is 14.4 Å². The number of allylic oxidation sites excluding steroid dienone is 1. The summed E-state index contributed by atoms with van der Waals surface area (Å²) < 4.78 is 6.39. The number of unbranched alkanes of at least 4 members (excludes halogenated alkanes) is 1. The van der Waals surface area contributed by atoms with Crippen molar-refractivity contribution in [2.75, 3.05) is 0 Å². The molecule has 0 aromatic rings. The van der Waals surface area contributed by atoms with Gasteiger partial charge in [-0.2, -0.15) is 0 Å². The Balaban J connectivity index is 4.13. The molecule has 0 aliphatic heterocycles. The first kappa shape index (κ1) is 18.9. The maximum atomic E-state index is 6.39. The van der Waals surface area contributed by atoms with Crippen LogP contribution >= 0.6 is 0 Å². The first-order valence-corrected chi connectivity index (χ1v) is 11.4. The molecule has 2 heteroatoms. The first-order chi connectivity index (χ1) is 8.99. The second-order valence-electron chi connectivity index (χ2n) is 6.39. The van der Waals surface area contributed by atoms with E-state index in [4.69, 9.17) is 4.43 Å². The Morgan fingerprint density at radius 3 is 2.21 bits per heavy atom. The molecule has 0 heterocycles. The normalized spacial score (nSPS) is 15.2. The van der Waals surface area contributed by atoms with Gasteiger partial charge in [-0.05, 0) is 44.3 Å².